The number of hydrogen-bond acceptors (Lipinski definition) is 4. The molecule has 0 spiro atoms. The summed E-state index contributed by atoms with van der Waals surface area (Å²) in [4.78, 5) is 23.5. The average Bonchev–Trinajstić information content (AvgIpc) is 2.58. The molecule has 1 aliphatic heterocycles. The summed E-state index contributed by atoms with van der Waals surface area (Å²) in [5.41, 5.74) is 2.66. The van der Waals surface area contributed by atoms with Crippen LogP contribution in [0.2, 0.25) is 5.02 Å². The Bertz CT molecular complexity index is 750. The minimum atomic E-state index is -0.0806. The summed E-state index contributed by atoms with van der Waals surface area (Å²) in [5, 5.41) is 3.63. The molecule has 1 aromatic carbocycles. The highest BCUT2D eigenvalue weighted by molar-refractivity contribution is 6.31. The maximum atomic E-state index is 12.6. The molecule has 1 fully saturated rings. The Morgan fingerprint density at radius 3 is 2.92 bits per heavy atom. The summed E-state index contributed by atoms with van der Waals surface area (Å²) < 4.78 is 0. The molecular formula is C18H21ClN4O. The van der Waals surface area contributed by atoms with Gasteiger partial charge in [-0.2, -0.15) is 0 Å². The van der Waals surface area contributed by atoms with Crippen LogP contribution >= 0.6 is 11.6 Å². The Morgan fingerprint density at radius 1 is 1.33 bits per heavy atom. The third kappa shape index (κ3) is 3.85. The van der Waals surface area contributed by atoms with Crippen molar-refractivity contribution < 1.29 is 4.79 Å². The summed E-state index contributed by atoms with van der Waals surface area (Å²) in [7, 11) is 0. The first kappa shape index (κ1) is 16.7. The number of piperidine rings is 1. The molecule has 0 unspecified atom stereocenters. The number of nitrogens with one attached hydrogen (secondary N) is 1. The zero-order valence-electron chi connectivity index (χ0n) is 13.9. The number of carbonyl (C=O) groups excluding carboxylic acids is 1. The zero-order chi connectivity index (χ0) is 17.1. The molecule has 0 aliphatic carbocycles. The van der Waals surface area contributed by atoms with Crippen molar-refractivity contribution in [3.05, 3.63) is 46.7 Å². The number of anilines is 2. The van der Waals surface area contributed by atoms with Gasteiger partial charge >= 0.3 is 0 Å². The van der Waals surface area contributed by atoms with E-state index in [1.165, 1.54) is 0 Å². The minimum Gasteiger partial charge on any atom is -0.340 e. The van der Waals surface area contributed by atoms with Crippen LogP contribution in [0.5, 0.6) is 0 Å². The van der Waals surface area contributed by atoms with E-state index >= 15 is 0 Å². The Kier molecular flexibility index (Phi) is 5.00. The highest BCUT2D eigenvalue weighted by Crippen LogP contribution is 2.24. The predicted molar refractivity (Wildman–Crippen MR) is 96.5 cm³/mol. The lowest BCUT2D eigenvalue weighted by atomic mass is 9.97. The molecule has 2 heterocycles. The van der Waals surface area contributed by atoms with E-state index in [2.05, 4.69) is 20.2 Å². The second-order valence-corrected chi connectivity index (χ2v) is 6.64. The maximum absolute atomic E-state index is 12.6. The number of halogens is 1. The van der Waals surface area contributed by atoms with E-state index < -0.39 is 0 Å². The SMILES string of the molecule is Cc1ccnc(N2CCC[C@H](C(=O)Nc3ccc(C)c(Cl)c3)C2)n1. The number of nitrogens with zero attached hydrogens (tertiary/aromatic N) is 3. The minimum absolute atomic E-state index is 0.0206. The van der Waals surface area contributed by atoms with Gasteiger partial charge in [-0.3, -0.25) is 4.79 Å². The quantitative estimate of drug-likeness (QED) is 0.924. The van der Waals surface area contributed by atoms with E-state index in [0.29, 0.717) is 17.5 Å². The van der Waals surface area contributed by atoms with Crippen LogP contribution in [0.25, 0.3) is 0 Å². The van der Waals surface area contributed by atoms with E-state index in [1.54, 1.807) is 12.3 Å². The number of carbonyl (C=O) groups is 1. The summed E-state index contributed by atoms with van der Waals surface area (Å²) in [6.45, 7) is 5.40. The van der Waals surface area contributed by atoms with Gasteiger partial charge in [-0.25, -0.2) is 9.97 Å². The molecule has 24 heavy (non-hydrogen) atoms. The van der Waals surface area contributed by atoms with Crippen molar-refractivity contribution in [2.75, 3.05) is 23.3 Å². The lowest BCUT2D eigenvalue weighted by molar-refractivity contribution is -0.120. The summed E-state index contributed by atoms with van der Waals surface area (Å²) in [6, 6.07) is 7.45. The molecular weight excluding hydrogens is 324 g/mol. The molecule has 6 heteroatoms. The molecule has 0 bridgehead atoms. The predicted octanol–water partition coefficient (Wildman–Crippen LogP) is 3.60. The van der Waals surface area contributed by atoms with Crippen LogP contribution in [-0.4, -0.2) is 29.0 Å². The first-order chi connectivity index (χ1) is 11.5. The van der Waals surface area contributed by atoms with Crippen molar-refractivity contribution in [2.45, 2.75) is 26.7 Å². The Morgan fingerprint density at radius 2 is 2.17 bits per heavy atom. The molecule has 126 valence electrons. The van der Waals surface area contributed by atoms with E-state index in [-0.39, 0.29) is 11.8 Å². The maximum Gasteiger partial charge on any atom is 0.229 e. The van der Waals surface area contributed by atoms with Gasteiger partial charge in [0, 0.05) is 35.7 Å². The van der Waals surface area contributed by atoms with Crippen LogP contribution in [0.4, 0.5) is 11.6 Å². The number of rotatable bonds is 3. The van der Waals surface area contributed by atoms with Crippen molar-refractivity contribution >= 4 is 29.1 Å². The standard InChI is InChI=1S/C18H21ClN4O/c1-12-5-6-15(10-16(12)19)22-17(24)14-4-3-9-23(11-14)18-20-8-7-13(2)21-18/h5-8,10,14H,3-4,9,11H2,1-2H3,(H,22,24)/t14-/m0/s1. The second-order valence-electron chi connectivity index (χ2n) is 6.24. The van der Waals surface area contributed by atoms with Gasteiger partial charge in [0.05, 0.1) is 5.92 Å². The van der Waals surface area contributed by atoms with Crippen LogP contribution in [0.3, 0.4) is 0 Å². The first-order valence-electron chi connectivity index (χ1n) is 8.14. The second kappa shape index (κ2) is 7.18. The van der Waals surface area contributed by atoms with Crippen molar-refractivity contribution in [3.63, 3.8) is 0 Å². The molecule has 1 amide bonds. The number of amides is 1. The van der Waals surface area contributed by atoms with Crippen LogP contribution in [0.15, 0.2) is 30.5 Å². The van der Waals surface area contributed by atoms with Crippen molar-refractivity contribution in [1.82, 2.24) is 9.97 Å². The van der Waals surface area contributed by atoms with Gasteiger partial charge in [0.15, 0.2) is 0 Å². The third-order valence-electron chi connectivity index (χ3n) is 4.30. The zero-order valence-corrected chi connectivity index (χ0v) is 14.7. The van der Waals surface area contributed by atoms with Gasteiger partial charge in [0.1, 0.15) is 0 Å². The molecule has 1 atom stereocenters. The Balaban J connectivity index is 1.67. The van der Waals surface area contributed by atoms with Crippen molar-refractivity contribution in [2.24, 2.45) is 5.92 Å². The van der Waals surface area contributed by atoms with E-state index in [9.17, 15) is 4.79 Å². The highest BCUT2D eigenvalue weighted by Gasteiger charge is 2.27. The van der Waals surface area contributed by atoms with Gasteiger partial charge in [-0.1, -0.05) is 17.7 Å². The fourth-order valence-electron chi connectivity index (χ4n) is 2.88. The number of benzene rings is 1. The van der Waals surface area contributed by atoms with Crippen LogP contribution < -0.4 is 10.2 Å². The van der Waals surface area contributed by atoms with Gasteiger partial charge < -0.3 is 10.2 Å². The number of hydrogen-bond donors (Lipinski definition) is 1. The summed E-state index contributed by atoms with van der Waals surface area (Å²) >= 11 is 6.13. The molecule has 1 N–H and O–H groups in total. The van der Waals surface area contributed by atoms with Crippen molar-refractivity contribution in [1.29, 1.82) is 0 Å². The normalized spacial score (nSPS) is 17.6. The van der Waals surface area contributed by atoms with Crippen molar-refractivity contribution in [3.8, 4) is 0 Å². The first-order valence-corrected chi connectivity index (χ1v) is 8.52. The summed E-state index contributed by atoms with van der Waals surface area (Å²) in [5.74, 6) is 0.640. The van der Waals surface area contributed by atoms with Gasteiger partial charge in [-0.05, 0) is 50.5 Å². The largest absolute Gasteiger partial charge is 0.340 e. The molecule has 2 aromatic rings. The molecule has 3 rings (SSSR count). The molecule has 1 saturated heterocycles. The molecule has 0 radical (unpaired) electrons. The topological polar surface area (TPSA) is 58.1 Å². The number of aromatic nitrogens is 2. The lowest BCUT2D eigenvalue weighted by Gasteiger charge is -2.32. The third-order valence-corrected chi connectivity index (χ3v) is 4.70. The average molecular weight is 345 g/mol. The molecule has 5 nitrogen and oxygen atoms in total. The monoisotopic (exact) mass is 344 g/mol. The Labute approximate surface area is 147 Å². The lowest BCUT2D eigenvalue weighted by Crippen LogP contribution is -2.41. The fourth-order valence-corrected chi connectivity index (χ4v) is 3.06. The summed E-state index contributed by atoms with van der Waals surface area (Å²) in [6.07, 6.45) is 3.58. The van der Waals surface area contributed by atoms with Crippen LogP contribution in [-0.2, 0) is 4.79 Å². The van der Waals surface area contributed by atoms with Crippen LogP contribution in [0, 0.1) is 19.8 Å². The fraction of sp³-hybridized carbons (Fsp3) is 0.389. The molecule has 1 aliphatic rings. The van der Waals surface area contributed by atoms with E-state index in [4.69, 9.17) is 11.6 Å². The Hall–Kier alpha value is -2.14. The van der Waals surface area contributed by atoms with E-state index in [0.717, 1.165) is 36.3 Å². The molecule has 0 saturated carbocycles. The number of aryl methyl sites for hydroxylation is 2. The highest BCUT2D eigenvalue weighted by atomic mass is 35.5. The van der Waals surface area contributed by atoms with Crippen LogP contribution in [0.1, 0.15) is 24.1 Å². The van der Waals surface area contributed by atoms with Gasteiger partial charge in [0.25, 0.3) is 0 Å². The molecule has 1 aromatic heterocycles. The van der Waals surface area contributed by atoms with Gasteiger partial charge in [0.2, 0.25) is 11.9 Å². The van der Waals surface area contributed by atoms with Gasteiger partial charge in [-0.15, -0.1) is 0 Å². The smallest absolute Gasteiger partial charge is 0.229 e. The van der Waals surface area contributed by atoms with E-state index in [1.807, 2.05) is 32.0 Å².